The summed E-state index contributed by atoms with van der Waals surface area (Å²) in [6, 6.07) is 6.99. The zero-order valence-electron chi connectivity index (χ0n) is 14.3. The third-order valence-electron chi connectivity index (χ3n) is 3.93. The Hall–Kier alpha value is -2.23. The molecule has 1 aliphatic rings. The minimum absolute atomic E-state index is 0.0510. The lowest BCUT2D eigenvalue weighted by molar-refractivity contribution is -0.122. The maximum atomic E-state index is 12.1. The van der Waals surface area contributed by atoms with Crippen LogP contribution in [0.5, 0.6) is 5.75 Å². The number of halogens is 1. The third kappa shape index (κ3) is 5.65. The van der Waals surface area contributed by atoms with Crippen molar-refractivity contribution < 1.29 is 14.3 Å². The summed E-state index contributed by atoms with van der Waals surface area (Å²) in [5.74, 6) is 0.987. The SMILES string of the molecule is O=C(Cn1nnnc1COc1ccc(Cl)cc1)NCCN1CCOCC1. The predicted molar refractivity (Wildman–Crippen MR) is 93.9 cm³/mol. The summed E-state index contributed by atoms with van der Waals surface area (Å²) in [4.78, 5) is 14.3. The highest BCUT2D eigenvalue weighted by atomic mass is 35.5. The Balaban J connectivity index is 1.42. The molecule has 3 rings (SSSR count). The standard InChI is InChI=1S/C16H21ClN6O3/c17-13-1-3-14(4-2-13)26-12-15-19-20-21-23(15)11-16(24)18-5-6-22-7-9-25-10-8-22/h1-4H,5-12H2,(H,18,24). The predicted octanol–water partition coefficient (Wildman–Crippen LogP) is 0.354. The number of rotatable bonds is 8. The van der Waals surface area contributed by atoms with E-state index in [9.17, 15) is 4.79 Å². The van der Waals surface area contributed by atoms with Gasteiger partial charge in [0.1, 0.15) is 18.9 Å². The van der Waals surface area contributed by atoms with Crippen molar-refractivity contribution in [2.45, 2.75) is 13.2 Å². The molecule has 1 aromatic heterocycles. The van der Waals surface area contributed by atoms with Crippen molar-refractivity contribution in [3.8, 4) is 5.75 Å². The summed E-state index contributed by atoms with van der Waals surface area (Å²) in [6.07, 6.45) is 0. The first-order valence-electron chi connectivity index (χ1n) is 8.41. The smallest absolute Gasteiger partial charge is 0.241 e. The normalized spacial score (nSPS) is 15.0. The van der Waals surface area contributed by atoms with Crippen LogP contribution in [0.25, 0.3) is 0 Å². The van der Waals surface area contributed by atoms with Crippen molar-refractivity contribution in [3.05, 3.63) is 35.1 Å². The van der Waals surface area contributed by atoms with Gasteiger partial charge >= 0.3 is 0 Å². The Morgan fingerprint density at radius 3 is 2.81 bits per heavy atom. The zero-order valence-corrected chi connectivity index (χ0v) is 15.1. The highest BCUT2D eigenvalue weighted by molar-refractivity contribution is 6.30. The second-order valence-corrected chi connectivity index (χ2v) is 6.24. The van der Waals surface area contributed by atoms with Crippen LogP contribution in [0.1, 0.15) is 5.82 Å². The van der Waals surface area contributed by atoms with Gasteiger partial charge in [-0.15, -0.1) is 5.10 Å². The van der Waals surface area contributed by atoms with E-state index < -0.39 is 0 Å². The van der Waals surface area contributed by atoms with E-state index in [0.29, 0.717) is 23.1 Å². The quantitative estimate of drug-likeness (QED) is 0.706. The Bertz CT molecular complexity index is 702. The number of morpholine rings is 1. The largest absolute Gasteiger partial charge is 0.486 e. The molecule has 1 fully saturated rings. The zero-order chi connectivity index (χ0) is 18.2. The molecule has 0 saturated carbocycles. The van der Waals surface area contributed by atoms with Crippen LogP contribution in [0.4, 0.5) is 0 Å². The molecule has 2 aromatic rings. The summed E-state index contributed by atoms with van der Waals surface area (Å²) in [7, 11) is 0. The lowest BCUT2D eigenvalue weighted by Gasteiger charge is -2.26. The number of benzene rings is 1. The molecule has 0 unspecified atom stereocenters. The van der Waals surface area contributed by atoms with Gasteiger partial charge in [-0.2, -0.15) is 0 Å². The van der Waals surface area contributed by atoms with Gasteiger partial charge in [0.25, 0.3) is 0 Å². The average molecular weight is 381 g/mol. The molecule has 2 heterocycles. The third-order valence-corrected chi connectivity index (χ3v) is 4.19. The van der Waals surface area contributed by atoms with Crippen LogP contribution in [0, 0.1) is 0 Å². The fraction of sp³-hybridized carbons (Fsp3) is 0.500. The van der Waals surface area contributed by atoms with Gasteiger partial charge in [0, 0.05) is 31.2 Å². The van der Waals surface area contributed by atoms with Gasteiger partial charge in [-0.05, 0) is 34.7 Å². The van der Waals surface area contributed by atoms with Crippen LogP contribution in [0.2, 0.25) is 5.02 Å². The first-order valence-corrected chi connectivity index (χ1v) is 8.79. The summed E-state index contributed by atoms with van der Waals surface area (Å²) >= 11 is 5.84. The summed E-state index contributed by atoms with van der Waals surface area (Å²) in [6.45, 7) is 4.88. The molecular formula is C16H21ClN6O3. The first-order chi connectivity index (χ1) is 12.7. The van der Waals surface area contributed by atoms with Crippen molar-refractivity contribution in [3.63, 3.8) is 0 Å². The fourth-order valence-corrected chi connectivity index (χ4v) is 2.62. The van der Waals surface area contributed by atoms with E-state index in [-0.39, 0.29) is 19.1 Å². The highest BCUT2D eigenvalue weighted by Gasteiger charge is 2.13. The van der Waals surface area contributed by atoms with Gasteiger partial charge in [-0.3, -0.25) is 9.69 Å². The van der Waals surface area contributed by atoms with E-state index in [0.717, 1.165) is 32.8 Å². The number of nitrogens with zero attached hydrogens (tertiary/aromatic N) is 5. The number of nitrogens with one attached hydrogen (secondary N) is 1. The van der Waals surface area contributed by atoms with Crippen LogP contribution >= 0.6 is 11.6 Å². The van der Waals surface area contributed by atoms with Crippen LogP contribution in [-0.2, 0) is 22.7 Å². The molecule has 1 saturated heterocycles. The lowest BCUT2D eigenvalue weighted by Crippen LogP contribution is -2.42. The first kappa shape index (κ1) is 18.6. The molecule has 0 bridgehead atoms. The number of carbonyl (C=O) groups excluding carboxylic acids is 1. The van der Waals surface area contributed by atoms with Gasteiger partial charge in [0.2, 0.25) is 5.91 Å². The van der Waals surface area contributed by atoms with E-state index in [1.807, 2.05) is 0 Å². The number of aromatic nitrogens is 4. The molecule has 1 amide bonds. The van der Waals surface area contributed by atoms with Gasteiger partial charge in [-0.25, -0.2) is 4.68 Å². The van der Waals surface area contributed by atoms with Crippen molar-refractivity contribution >= 4 is 17.5 Å². The summed E-state index contributed by atoms with van der Waals surface area (Å²) in [5, 5.41) is 14.9. The van der Waals surface area contributed by atoms with Gasteiger partial charge in [0.15, 0.2) is 5.82 Å². The molecule has 1 N–H and O–H groups in total. The van der Waals surface area contributed by atoms with Crippen LogP contribution in [-0.4, -0.2) is 70.4 Å². The maximum absolute atomic E-state index is 12.1. The van der Waals surface area contributed by atoms with Crippen molar-refractivity contribution in [1.29, 1.82) is 0 Å². The number of amides is 1. The van der Waals surface area contributed by atoms with E-state index in [4.69, 9.17) is 21.1 Å². The Morgan fingerprint density at radius 1 is 1.27 bits per heavy atom. The van der Waals surface area contributed by atoms with Gasteiger partial charge < -0.3 is 14.8 Å². The number of tetrazole rings is 1. The molecule has 10 heteroatoms. The van der Waals surface area contributed by atoms with Crippen LogP contribution in [0.15, 0.2) is 24.3 Å². The lowest BCUT2D eigenvalue weighted by atomic mass is 10.3. The molecule has 9 nitrogen and oxygen atoms in total. The van der Waals surface area contributed by atoms with Crippen molar-refractivity contribution in [1.82, 2.24) is 30.4 Å². The fourth-order valence-electron chi connectivity index (χ4n) is 2.50. The van der Waals surface area contributed by atoms with Crippen molar-refractivity contribution in [2.75, 3.05) is 39.4 Å². The topological polar surface area (TPSA) is 94.4 Å². The van der Waals surface area contributed by atoms with E-state index in [2.05, 4.69) is 25.7 Å². The minimum atomic E-state index is -0.140. The molecule has 0 radical (unpaired) electrons. The molecule has 1 aromatic carbocycles. The van der Waals surface area contributed by atoms with E-state index in [1.54, 1.807) is 24.3 Å². The molecule has 0 atom stereocenters. The van der Waals surface area contributed by atoms with Crippen molar-refractivity contribution in [2.24, 2.45) is 0 Å². The Labute approximate surface area is 156 Å². The molecule has 0 spiro atoms. The van der Waals surface area contributed by atoms with Gasteiger partial charge in [-0.1, -0.05) is 11.6 Å². The number of ether oxygens (including phenoxy) is 2. The molecule has 140 valence electrons. The number of hydrogen-bond acceptors (Lipinski definition) is 7. The Morgan fingerprint density at radius 2 is 2.04 bits per heavy atom. The summed E-state index contributed by atoms with van der Waals surface area (Å²) in [5.41, 5.74) is 0. The molecule has 0 aliphatic carbocycles. The average Bonchev–Trinajstić information content (AvgIpc) is 3.09. The second kappa shape index (κ2) is 9.46. The van der Waals surface area contributed by atoms with Gasteiger partial charge in [0.05, 0.1) is 13.2 Å². The second-order valence-electron chi connectivity index (χ2n) is 5.80. The van der Waals surface area contributed by atoms with E-state index in [1.165, 1.54) is 4.68 Å². The number of carbonyl (C=O) groups is 1. The molecule has 1 aliphatic heterocycles. The van der Waals surface area contributed by atoms with E-state index >= 15 is 0 Å². The van der Waals surface area contributed by atoms with Crippen LogP contribution < -0.4 is 10.1 Å². The monoisotopic (exact) mass is 380 g/mol. The summed E-state index contributed by atoms with van der Waals surface area (Å²) < 4.78 is 12.3. The number of hydrogen-bond donors (Lipinski definition) is 1. The minimum Gasteiger partial charge on any atom is -0.486 e. The van der Waals surface area contributed by atoms with Crippen LogP contribution in [0.3, 0.4) is 0 Å². The highest BCUT2D eigenvalue weighted by Crippen LogP contribution is 2.16. The molecule has 26 heavy (non-hydrogen) atoms. The Kier molecular flexibility index (Phi) is 6.75. The maximum Gasteiger partial charge on any atom is 0.241 e. The molecular weight excluding hydrogens is 360 g/mol.